The van der Waals surface area contributed by atoms with Gasteiger partial charge in [0.25, 0.3) is 0 Å². The number of hydrogen-bond acceptors (Lipinski definition) is 3. The molecule has 0 saturated heterocycles. The maximum atomic E-state index is 12.5. The van der Waals surface area contributed by atoms with Crippen molar-refractivity contribution in [2.45, 2.75) is 31.2 Å². The summed E-state index contributed by atoms with van der Waals surface area (Å²) in [7, 11) is 3.65. The number of aryl methyl sites for hydroxylation is 2. The summed E-state index contributed by atoms with van der Waals surface area (Å²) in [5.41, 5.74) is 3.70. The third-order valence-corrected chi connectivity index (χ3v) is 4.63. The van der Waals surface area contributed by atoms with E-state index in [1.54, 1.807) is 17.9 Å². The number of carbonyl (C=O) groups is 1. The standard InChI is InChI=1S/C18H24N4O.ClH/c1-19-17(15-11-21-22(2)12-15)18(23)20-10-14-8-5-7-13-6-3-4-9-16(13)14;/h3-4,6,9,11-12,14,17,19H,5,7-8,10H2,1-2H3,(H,20,23);1H. The Kier molecular flexibility index (Phi) is 6.40. The molecule has 1 aromatic heterocycles. The maximum Gasteiger partial charge on any atom is 0.241 e. The molecule has 0 fully saturated rings. The van der Waals surface area contributed by atoms with Crippen molar-refractivity contribution >= 4 is 18.3 Å². The van der Waals surface area contributed by atoms with Crippen LogP contribution in [0.25, 0.3) is 0 Å². The number of nitrogens with zero attached hydrogens (tertiary/aromatic N) is 2. The van der Waals surface area contributed by atoms with Gasteiger partial charge in [-0.3, -0.25) is 9.48 Å². The molecule has 0 radical (unpaired) electrons. The van der Waals surface area contributed by atoms with E-state index < -0.39 is 0 Å². The number of fused-ring (bicyclic) bond motifs is 1. The highest BCUT2D eigenvalue weighted by Gasteiger charge is 2.23. The Hall–Kier alpha value is -1.85. The minimum absolute atomic E-state index is 0. The van der Waals surface area contributed by atoms with E-state index in [1.165, 1.54) is 17.5 Å². The van der Waals surface area contributed by atoms with E-state index in [2.05, 4.69) is 40.0 Å². The first-order valence-corrected chi connectivity index (χ1v) is 8.20. The minimum Gasteiger partial charge on any atom is -0.354 e. The highest BCUT2D eigenvalue weighted by atomic mass is 35.5. The summed E-state index contributed by atoms with van der Waals surface area (Å²) >= 11 is 0. The minimum atomic E-state index is -0.359. The van der Waals surface area contributed by atoms with Crippen LogP contribution < -0.4 is 10.6 Å². The molecule has 1 amide bonds. The van der Waals surface area contributed by atoms with Gasteiger partial charge >= 0.3 is 0 Å². The Balaban J connectivity index is 0.00000208. The summed E-state index contributed by atoms with van der Waals surface area (Å²) < 4.78 is 1.71. The van der Waals surface area contributed by atoms with Crippen molar-refractivity contribution in [1.29, 1.82) is 0 Å². The monoisotopic (exact) mass is 348 g/mol. The molecule has 1 aliphatic rings. The molecule has 0 aliphatic heterocycles. The third-order valence-electron chi connectivity index (χ3n) is 4.63. The zero-order valence-corrected chi connectivity index (χ0v) is 15.0. The lowest BCUT2D eigenvalue weighted by molar-refractivity contribution is -0.123. The molecule has 0 saturated carbocycles. The summed E-state index contributed by atoms with van der Waals surface area (Å²) in [6, 6.07) is 8.23. The number of aromatic nitrogens is 2. The number of carbonyl (C=O) groups excluding carboxylic acids is 1. The Labute approximate surface area is 149 Å². The van der Waals surface area contributed by atoms with Gasteiger partial charge in [-0.25, -0.2) is 0 Å². The molecule has 2 unspecified atom stereocenters. The van der Waals surface area contributed by atoms with Crippen LogP contribution in [-0.2, 0) is 18.3 Å². The van der Waals surface area contributed by atoms with Gasteiger partial charge in [-0.05, 0) is 37.4 Å². The number of likely N-dealkylation sites (N-methyl/N-ethyl adjacent to an activating group) is 1. The van der Waals surface area contributed by atoms with E-state index in [-0.39, 0.29) is 24.4 Å². The quantitative estimate of drug-likeness (QED) is 0.872. The van der Waals surface area contributed by atoms with Crippen molar-refractivity contribution in [2.75, 3.05) is 13.6 Å². The Morgan fingerprint density at radius 3 is 2.92 bits per heavy atom. The topological polar surface area (TPSA) is 59.0 Å². The second-order valence-electron chi connectivity index (χ2n) is 6.20. The van der Waals surface area contributed by atoms with Crippen LogP contribution in [0.15, 0.2) is 36.7 Å². The molecule has 2 atom stereocenters. The predicted molar refractivity (Wildman–Crippen MR) is 97.4 cm³/mol. The van der Waals surface area contributed by atoms with Gasteiger partial charge in [0.2, 0.25) is 5.91 Å². The fourth-order valence-corrected chi connectivity index (χ4v) is 3.43. The number of benzene rings is 1. The molecular formula is C18H25ClN4O. The number of nitrogens with one attached hydrogen (secondary N) is 2. The summed E-state index contributed by atoms with van der Waals surface area (Å²) in [5.74, 6) is 0.416. The van der Waals surface area contributed by atoms with Crippen LogP contribution >= 0.6 is 12.4 Å². The Morgan fingerprint density at radius 1 is 1.42 bits per heavy atom. The van der Waals surface area contributed by atoms with Gasteiger partial charge in [-0.2, -0.15) is 5.10 Å². The van der Waals surface area contributed by atoms with Crippen LogP contribution in [0.3, 0.4) is 0 Å². The van der Waals surface area contributed by atoms with Crippen molar-refractivity contribution in [3.8, 4) is 0 Å². The first kappa shape index (κ1) is 18.5. The van der Waals surface area contributed by atoms with E-state index in [4.69, 9.17) is 0 Å². The lowest BCUT2D eigenvalue weighted by atomic mass is 9.83. The predicted octanol–water partition coefficient (Wildman–Crippen LogP) is 2.34. The summed E-state index contributed by atoms with van der Waals surface area (Å²) in [6.07, 6.45) is 7.08. The molecule has 1 heterocycles. The van der Waals surface area contributed by atoms with Crippen molar-refractivity contribution in [2.24, 2.45) is 7.05 Å². The van der Waals surface area contributed by atoms with Gasteiger partial charge in [0, 0.05) is 31.3 Å². The zero-order chi connectivity index (χ0) is 16.2. The lowest BCUT2D eigenvalue weighted by Crippen LogP contribution is -2.38. The van der Waals surface area contributed by atoms with Crippen molar-refractivity contribution in [1.82, 2.24) is 20.4 Å². The molecule has 130 valence electrons. The van der Waals surface area contributed by atoms with Crippen molar-refractivity contribution < 1.29 is 4.79 Å². The van der Waals surface area contributed by atoms with Crippen LogP contribution in [0.2, 0.25) is 0 Å². The summed E-state index contributed by atoms with van der Waals surface area (Å²) in [5, 5.41) is 10.3. The summed E-state index contributed by atoms with van der Waals surface area (Å²) in [6.45, 7) is 0.689. The molecule has 2 aromatic rings. The molecule has 24 heavy (non-hydrogen) atoms. The molecule has 2 N–H and O–H groups in total. The zero-order valence-electron chi connectivity index (χ0n) is 14.2. The third kappa shape index (κ3) is 3.97. The highest BCUT2D eigenvalue weighted by Crippen LogP contribution is 2.30. The normalized spacial score (nSPS) is 17.5. The molecule has 0 bridgehead atoms. The average Bonchev–Trinajstić information content (AvgIpc) is 2.99. The first-order valence-electron chi connectivity index (χ1n) is 8.20. The van der Waals surface area contributed by atoms with Gasteiger partial charge in [-0.1, -0.05) is 24.3 Å². The average molecular weight is 349 g/mol. The van der Waals surface area contributed by atoms with E-state index in [9.17, 15) is 4.79 Å². The molecule has 3 rings (SSSR count). The lowest BCUT2D eigenvalue weighted by Gasteiger charge is -2.26. The SMILES string of the molecule is CNC(C(=O)NCC1CCCc2ccccc21)c1cnn(C)c1.Cl. The van der Waals surface area contributed by atoms with Crippen LogP contribution in [0, 0.1) is 0 Å². The van der Waals surface area contributed by atoms with E-state index in [1.807, 2.05) is 13.2 Å². The number of hydrogen-bond donors (Lipinski definition) is 2. The molecule has 1 aliphatic carbocycles. The van der Waals surface area contributed by atoms with Gasteiger partial charge < -0.3 is 10.6 Å². The Morgan fingerprint density at radius 2 is 2.21 bits per heavy atom. The van der Waals surface area contributed by atoms with E-state index in [0.29, 0.717) is 12.5 Å². The fraction of sp³-hybridized carbons (Fsp3) is 0.444. The van der Waals surface area contributed by atoms with Crippen LogP contribution in [-0.4, -0.2) is 29.3 Å². The van der Waals surface area contributed by atoms with Crippen molar-refractivity contribution in [3.63, 3.8) is 0 Å². The van der Waals surface area contributed by atoms with E-state index in [0.717, 1.165) is 18.4 Å². The molecule has 1 aromatic carbocycles. The van der Waals surface area contributed by atoms with Gasteiger partial charge in [0.05, 0.1) is 6.20 Å². The number of rotatable bonds is 5. The molecule has 6 heteroatoms. The Bertz CT molecular complexity index is 685. The van der Waals surface area contributed by atoms with Crippen LogP contribution in [0.5, 0.6) is 0 Å². The molecule has 5 nitrogen and oxygen atoms in total. The van der Waals surface area contributed by atoms with Crippen LogP contribution in [0.4, 0.5) is 0 Å². The number of amides is 1. The van der Waals surface area contributed by atoms with E-state index >= 15 is 0 Å². The first-order chi connectivity index (χ1) is 11.2. The van der Waals surface area contributed by atoms with Crippen LogP contribution in [0.1, 0.15) is 41.5 Å². The fourth-order valence-electron chi connectivity index (χ4n) is 3.43. The van der Waals surface area contributed by atoms with Crippen molar-refractivity contribution in [3.05, 3.63) is 53.3 Å². The second kappa shape index (κ2) is 8.31. The molecule has 0 spiro atoms. The summed E-state index contributed by atoms with van der Waals surface area (Å²) in [4.78, 5) is 12.5. The number of halogens is 1. The maximum absolute atomic E-state index is 12.5. The largest absolute Gasteiger partial charge is 0.354 e. The highest BCUT2D eigenvalue weighted by molar-refractivity contribution is 5.85. The second-order valence-corrected chi connectivity index (χ2v) is 6.20. The van der Waals surface area contributed by atoms with Gasteiger partial charge in [0.1, 0.15) is 6.04 Å². The van der Waals surface area contributed by atoms with Gasteiger partial charge in [0.15, 0.2) is 0 Å². The van der Waals surface area contributed by atoms with Gasteiger partial charge in [-0.15, -0.1) is 12.4 Å². The smallest absolute Gasteiger partial charge is 0.241 e. The molecular weight excluding hydrogens is 324 g/mol.